The standard InChI is InChI=1S/C26H24N2O6S/c1-15-9-16(2)11-18(10-15)27-26-28-24(29)23(35-26)13-17-5-7-20(22(12-17)31-3)33-14-19-6-8-21(34-19)25(30)32-4/h5-13H,14H2,1-4H3,(H,27,28,29)/b23-13+. The zero-order valence-electron chi connectivity index (χ0n) is 19.7. The van der Waals surface area contributed by atoms with Crippen LogP contribution in [0.5, 0.6) is 11.5 Å². The third-order valence-corrected chi connectivity index (χ3v) is 5.90. The van der Waals surface area contributed by atoms with Gasteiger partial charge in [-0.25, -0.2) is 9.79 Å². The largest absolute Gasteiger partial charge is 0.493 e. The van der Waals surface area contributed by atoms with E-state index in [1.54, 1.807) is 24.3 Å². The number of benzene rings is 2. The Bertz CT molecular complexity index is 1320. The first-order valence-corrected chi connectivity index (χ1v) is 11.5. The highest BCUT2D eigenvalue weighted by molar-refractivity contribution is 8.18. The molecule has 180 valence electrons. The monoisotopic (exact) mass is 492 g/mol. The van der Waals surface area contributed by atoms with E-state index in [1.807, 2.05) is 32.0 Å². The summed E-state index contributed by atoms with van der Waals surface area (Å²) < 4.78 is 21.3. The van der Waals surface area contributed by atoms with Gasteiger partial charge in [0.1, 0.15) is 12.4 Å². The third kappa shape index (κ3) is 5.93. The summed E-state index contributed by atoms with van der Waals surface area (Å²) in [4.78, 5) is 29.1. The van der Waals surface area contributed by atoms with Gasteiger partial charge in [-0.15, -0.1) is 0 Å². The number of hydrogen-bond acceptors (Lipinski definition) is 8. The number of amidine groups is 1. The van der Waals surface area contributed by atoms with Crippen LogP contribution in [0.25, 0.3) is 6.08 Å². The Morgan fingerprint density at radius 3 is 2.54 bits per heavy atom. The lowest BCUT2D eigenvalue weighted by molar-refractivity contribution is -0.115. The first kappa shape index (κ1) is 24.2. The molecule has 1 saturated heterocycles. The quantitative estimate of drug-likeness (QED) is 0.359. The molecule has 1 aliphatic rings. The number of furan rings is 1. The number of aliphatic imine (C=N–C) groups is 1. The van der Waals surface area contributed by atoms with Crippen LogP contribution in [-0.4, -0.2) is 31.3 Å². The van der Waals surface area contributed by atoms with Crippen LogP contribution in [0.3, 0.4) is 0 Å². The average Bonchev–Trinajstić information content (AvgIpc) is 3.43. The Morgan fingerprint density at radius 2 is 1.83 bits per heavy atom. The fourth-order valence-corrected chi connectivity index (χ4v) is 4.31. The molecule has 0 aliphatic carbocycles. The number of amides is 1. The lowest BCUT2D eigenvalue weighted by Gasteiger charge is -2.10. The van der Waals surface area contributed by atoms with E-state index in [2.05, 4.69) is 21.1 Å². The number of carbonyl (C=O) groups is 2. The predicted octanol–water partition coefficient (Wildman–Crippen LogP) is 5.16. The Hall–Kier alpha value is -3.98. The van der Waals surface area contributed by atoms with Crippen molar-refractivity contribution in [1.82, 2.24) is 5.32 Å². The van der Waals surface area contributed by atoms with Crippen molar-refractivity contribution in [2.45, 2.75) is 20.5 Å². The first-order valence-electron chi connectivity index (χ1n) is 10.7. The van der Waals surface area contributed by atoms with Crippen molar-refractivity contribution in [2.75, 3.05) is 14.2 Å². The Kier molecular flexibility index (Phi) is 7.26. The topological polar surface area (TPSA) is 99.4 Å². The smallest absolute Gasteiger partial charge is 0.373 e. The summed E-state index contributed by atoms with van der Waals surface area (Å²) >= 11 is 1.28. The summed E-state index contributed by atoms with van der Waals surface area (Å²) in [5, 5.41) is 3.34. The van der Waals surface area contributed by atoms with E-state index in [-0.39, 0.29) is 18.3 Å². The van der Waals surface area contributed by atoms with Gasteiger partial charge in [0.2, 0.25) is 5.76 Å². The molecular weight excluding hydrogens is 468 g/mol. The van der Waals surface area contributed by atoms with Crippen molar-refractivity contribution in [3.8, 4) is 11.5 Å². The molecule has 1 aromatic heterocycles. The van der Waals surface area contributed by atoms with Crippen LogP contribution in [0.2, 0.25) is 0 Å². The predicted molar refractivity (Wildman–Crippen MR) is 134 cm³/mol. The van der Waals surface area contributed by atoms with E-state index in [0.29, 0.717) is 27.3 Å². The normalized spacial score (nSPS) is 15.4. The second-order valence-electron chi connectivity index (χ2n) is 7.78. The summed E-state index contributed by atoms with van der Waals surface area (Å²) in [6.07, 6.45) is 1.77. The number of hydrogen-bond donors (Lipinski definition) is 1. The SMILES string of the molecule is COC(=O)c1ccc(COc2ccc(/C=C3/SC(=Nc4cc(C)cc(C)c4)NC3=O)cc2OC)o1. The lowest BCUT2D eigenvalue weighted by atomic mass is 10.1. The molecule has 0 saturated carbocycles. The van der Waals surface area contributed by atoms with Crippen molar-refractivity contribution in [3.05, 3.63) is 81.6 Å². The van der Waals surface area contributed by atoms with Gasteiger partial charge in [-0.1, -0.05) is 12.1 Å². The number of ether oxygens (including phenoxy) is 3. The third-order valence-electron chi connectivity index (χ3n) is 4.99. The fourth-order valence-electron chi connectivity index (χ4n) is 3.47. The Labute approximate surface area is 207 Å². The molecule has 35 heavy (non-hydrogen) atoms. The first-order chi connectivity index (χ1) is 16.8. The van der Waals surface area contributed by atoms with E-state index in [4.69, 9.17) is 13.9 Å². The minimum absolute atomic E-state index is 0.101. The molecular formula is C26H24N2O6S. The van der Waals surface area contributed by atoms with Gasteiger partial charge in [-0.05, 0) is 84.8 Å². The minimum atomic E-state index is -0.553. The van der Waals surface area contributed by atoms with Crippen LogP contribution in [-0.2, 0) is 16.1 Å². The second kappa shape index (κ2) is 10.5. The molecule has 2 aromatic carbocycles. The summed E-state index contributed by atoms with van der Waals surface area (Å²) in [6.45, 7) is 4.12. The van der Waals surface area contributed by atoms with Gasteiger partial charge >= 0.3 is 5.97 Å². The number of nitrogens with zero attached hydrogens (tertiary/aromatic N) is 1. The Morgan fingerprint density at radius 1 is 1.06 bits per heavy atom. The zero-order valence-corrected chi connectivity index (χ0v) is 20.5. The molecule has 0 unspecified atom stereocenters. The number of aryl methyl sites for hydroxylation is 2. The van der Waals surface area contributed by atoms with Gasteiger partial charge in [-0.2, -0.15) is 0 Å². The molecule has 1 amide bonds. The summed E-state index contributed by atoms with van der Waals surface area (Å²) in [7, 11) is 2.82. The van der Waals surface area contributed by atoms with Crippen molar-refractivity contribution in [3.63, 3.8) is 0 Å². The molecule has 1 N–H and O–H groups in total. The maximum atomic E-state index is 12.5. The molecule has 2 heterocycles. The number of rotatable bonds is 7. The highest BCUT2D eigenvalue weighted by Gasteiger charge is 2.24. The van der Waals surface area contributed by atoms with E-state index >= 15 is 0 Å². The van der Waals surface area contributed by atoms with Crippen LogP contribution in [0, 0.1) is 13.8 Å². The maximum absolute atomic E-state index is 12.5. The van der Waals surface area contributed by atoms with Crippen LogP contribution in [0.1, 0.15) is 33.0 Å². The van der Waals surface area contributed by atoms with Crippen molar-refractivity contribution < 1.29 is 28.2 Å². The number of nitrogens with one attached hydrogen (secondary N) is 1. The molecule has 3 aromatic rings. The van der Waals surface area contributed by atoms with Crippen molar-refractivity contribution >= 4 is 40.6 Å². The van der Waals surface area contributed by atoms with Gasteiger partial charge in [0.25, 0.3) is 5.91 Å². The maximum Gasteiger partial charge on any atom is 0.373 e. The minimum Gasteiger partial charge on any atom is -0.493 e. The molecule has 0 radical (unpaired) electrons. The van der Waals surface area contributed by atoms with Crippen molar-refractivity contribution in [1.29, 1.82) is 0 Å². The summed E-state index contributed by atoms with van der Waals surface area (Å²) in [6, 6.07) is 14.5. The van der Waals surface area contributed by atoms with Gasteiger partial charge in [0.05, 0.1) is 24.8 Å². The zero-order chi connectivity index (χ0) is 24.9. The molecule has 8 nitrogen and oxygen atoms in total. The molecule has 1 fully saturated rings. The van der Waals surface area contributed by atoms with Crippen LogP contribution in [0.4, 0.5) is 5.69 Å². The van der Waals surface area contributed by atoms with Crippen LogP contribution >= 0.6 is 11.8 Å². The van der Waals surface area contributed by atoms with Crippen molar-refractivity contribution in [2.24, 2.45) is 4.99 Å². The molecule has 4 rings (SSSR count). The fraction of sp³-hybridized carbons (Fsp3) is 0.192. The number of esters is 1. The number of methoxy groups -OCH3 is 2. The van der Waals surface area contributed by atoms with Gasteiger partial charge in [0, 0.05) is 0 Å². The Balaban J connectivity index is 1.47. The van der Waals surface area contributed by atoms with E-state index in [1.165, 1.54) is 32.0 Å². The molecule has 0 spiro atoms. The van der Waals surface area contributed by atoms with E-state index in [0.717, 1.165) is 22.4 Å². The molecule has 9 heteroatoms. The number of thioether (sulfide) groups is 1. The number of carbonyl (C=O) groups excluding carboxylic acids is 2. The van der Waals surface area contributed by atoms with Crippen LogP contribution in [0.15, 0.2) is 62.8 Å². The highest BCUT2D eigenvalue weighted by Crippen LogP contribution is 2.33. The molecule has 0 atom stereocenters. The van der Waals surface area contributed by atoms with E-state index < -0.39 is 5.97 Å². The van der Waals surface area contributed by atoms with Gasteiger partial charge in [0.15, 0.2) is 16.7 Å². The summed E-state index contributed by atoms with van der Waals surface area (Å²) in [5.74, 6) is 0.790. The highest BCUT2D eigenvalue weighted by atomic mass is 32.2. The van der Waals surface area contributed by atoms with Gasteiger partial charge < -0.3 is 23.9 Å². The molecule has 0 bridgehead atoms. The lowest BCUT2D eigenvalue weighted by Crippen LogP contribution is -2.19. The second-order valence-corrected chi connectivity index (χ2v) is 8.81. The van der Waals surface area contributed by atoms with Gasteiger partial charge in [-0.3, -0.25) is 4.79 Å². The van der Waals surface area contributed by atoms with E-state index in [9.17, 15) is 9.59 Å². The van der Waals surface area contributed by atoms with Crippen LogP contribution < -0.4 is 14.8 Å². The summed E-state index contributed by atoms with van der Waals surface area (Å²) in [5.41, 5.74) is 3.79. The molecule has 1 aliphatic heterocycles. The average molecular weight is 493 g/mol.